The monoisotopic (exact) mass is 244 g/mol. The number of carbonyl (C=O) groups excluding carboxylic acids is 1. The minimum Gasteiger partial charge on any atom is -0.273 e. The van der Waals surface area contributed by atoms with Crippen LogP contribution in [0.3, 0.4) is 0 Å². The van der Waals surface area contributed by atoms with Crippen molar-refractivity contribution >= 4 is 11.6 Å². The van der Waals surface area contributed by atoms with Crippen molar-refractivity contribution in [3.05, 3.63) is 35.9 Å². The zero-order valence-corrected chi connectivity index (χ0v) is 10.9. The molecule has 1 aliphatic carbocycles. The van der Waals surface area contributed by atoms with Gasteiger partial charge in [-0.25, -0.2) is 5.43 Å². The van der Waals surface area contributed by atoms with E-state index in [0.717, 1.165) is 24.1 Å². The third-order valence-electron chi connectivity index (χ3n) is 3.29. The molecule has 0 heterocycles. The van der Waals surface area contributed by atoms with Crippen LogP contribution in [0.25, 0.3) is 0 Å². The molecule has 1 aromatic rings. The Balaban J connectivity index is 1.83. The maximum atomic E-state index is 11.7. The first kappa shape index (κ1) is 12.8. The van der Waals surface area contributed by atoms with E-state index in [1.165, 1.54) is 12.8 Å². The van der Waals surface area contributed by atoms with Crippen molar-refractivity contribution in [3.8, 4) is 0 Å². The van der Waals surface area contributed by atoms with Gasteiger partial charge in [-0.2, -0.15) is 5.10 Å². The van der Waals surface area contributed by atoms with Gasteiger partial charge in [-0.3, -0.25) is 4.79 Å². The Kier molecular flexibility index (Phi) is 4.51. The normalized spacial score (nSPS) is 21.8. The van der Waals surface area contributed by atoms with Gasteiger partial charge in [-0.15, -0.1) is 0 Å². The lowest BCUT2D eigenvalue weighted by Gasteiger charge is -2.18. The number of rotatable bonds is 3. The molecular formula is C15H20N2O. The van der Waals surface area contributed by atoms with Crippen molar-refractivity contribution in [2.45, 2.75) is 39.0 Å². The molecule has 1 unspecified atom stereocenters. The highest BCUT2D eigenvalue weighted by atomic mass is 16.2. The molecule has 1 aliphatic rings. The lowest BCUT2D eigenvalue weighted by Crippen LogP contribution is -2.23. The second-order valence-electron chi connectivity index (χ2n) is 5.08. The fourth-order valence-electron chi connectivity index (χ4n) is 2.32. The third kappa shape index (κ3) is 3.99. The number of carbonyl (C=O) groups is 1. The molecule has 2 rings (SSSR count). The first-order chi connectivity index (χ1) is 8.74. The number of nitrogens with zero attached hydrogens (tertiary/aromatic N) is 1. The van der Waals surface area contributed by atoms with E-state index in [-0.39, 0.29) is 5.91 Å². The Morgan fingerprint density at radius 3 is 2.89 bits per heavy atom. The molecule has 0 saturated heterocycles. The largest absolute Gasteiger partial charge is 0.273 e. The van der Waals surface area contributed by atoms with E-state index in [4.69, 9.17) is 0 Å². The molecule has 1 fully saturated rings. The summed E-state index contributed by atoms with van der Waals surface area (Å²) in [7, 11) is 0. The molecule has 1 amide bonds. The molecule has 0 radical (unpaired) electrons. The van der Waals surface area contributed by atoms with E-state index in [9.17, 15) is 4.79 Å². The number of hydrazone groups is 1. The Hall–Kier alpha value is -1.64. The van der Waals surface area contributed by atoms with Crippen molar-refractivity contribution in [2.75, 3.05) is 0 Å². The highest BCUT2D eigenvalue weighted by molar-refractivity contribution is 5.87. The second kappa shape index (κ2) is 6.34. The van der Waals surface area contributed by atoms with Gasteiger partial charge in [0.15, 0.2) is 0 Å². The quantitative estimate of drug-likeness (QED) is 0.816. The van der Waals surface area contributed by atoms with Gasteiger partial charge in [0.1, 0.15) is 0 Å². The topological polar surface area (TPSA) is 41.5 Å². The van der Waals surface area contributed by atoms with Crippen LogP contribution >= 0.6 is 0 Å². The standard InChI is InChI=1S/C15H20N2O/c1-12-6-5-9-14(10-12)16-17-15(18)11-13-7-3-2-4-8-13/h2-4,7-8,12H,5-6,9-11H2,1H3,(H,17,18). The summed E-state index contributed by atoms with van der Waals surface area (Å²) in [5.74, 6) is 0.662. The molecule has 1 saturated carbocycles. The zero-order chi connectivity index (χ0) is 12.8. The van der Waals surface area contributed by atoms with Gasteiger partial charge >= 0.3 is 0 Å². The Morgan fingerprint density at radius 2 is 2.17 bits per heavy atom. The molecule has 0 spiro atoms. The predicted molar refractivity (Wildman–Crippen MR) is 73.4 cm³/mol. The van der Waals surface area contributed by atoms with Crippen LogP contribution in [0.4, 0.5) is 0 Å². The Morgan fingerprint density at radius 1 is 1.39 bits per heavy atom. The number of benzene rings is 1. The summed E-state index contributed by atoms with van der Waals surface area (Å²) in [6.45, 7) is 2.24. The highest BCUT2D eigenvalue weighted by Crippen LogP contribution is 2.20. The summed E-state index contributed by atoms with van der Waals surface area (Å²) in [6, 6.07) is 9.74. The van der Waals surface area contributed by atoms with Crippen LogP contribution in [0.2, 0.25) is 0 Å². The molecule has 3 nitrogen and oxygen atoms in total. The molecule has 18 heavy (non-hydrogen) atoms. The van der Waals surface area contributed by atoms with Crippen molar-refractivity contribution in [3.63, 3.8) is 0 Å². The van der Waals surface area contributed by atoms with Gasteiger partial charge in [-0.05, 0) is 37.2 Å². The van der Waals surface area contributed by atoms with Crippen molar-refractivity contribution in [1.82, 2.24) is 5.43 Å². The van der Waals surface area contributed by atoms with Gasteiger partial charge in [0.05, 0.1) is 6.42 Å². The minimum atomic E-state index is -0.0353. The molecule has 1 aromatic carbocycles. The lowest BCUT2D eigenvalue weighted by atomic mass is 9.89. The van der Waals surface area contributed by atoms with Crippen LogP contribution in [0.1, 0.15) is 38.2 Å². The van der Waals surface area contributed by atoms with Gasteiger partial charge < -0.3 is 0 Å². The number of hydrogen-bond donors (Lipinski definition) is 1. The van der Waals surface area contributed by atoms with E-state index in [2.05, 4.69) is 17.5 Å². The molecule has 1 atom stereocenters. The lowest BCUT2D eigenvalue weighted by molar-refractivity contribution is -0.120. The number of hydrogen-bond acceptors (Lipinski definition) is 2. The molecule has 3 heteroatoms. The first-order valence-corrected chi connectivity index (χ1v) is 6.62. The maximum absolute atomic E-state index is 11.7. The average Bonchev–Trinajstić information content (AvgIpc) is 2.38. The Labute approximate surface area is 108 Å². The maximum Gasteiger partial charge on any atom is 0.244 e. The van der Waals surface area contributed by atoms with Crippen molar-refractivity contribution < 1.29 is 4.79 Å². The van der Waals surface area contributed by atoms with E-state index in [0.29, 0.717) is 12.3 Å². The molecule has 1 N–H and O–H groups in total. The van der Waals surface area contributed by atoms with Gasteiger partial charge in [0.2, 0.25) is 5.91 Å². The smallest absolute Gasteiger partial charge is 0.244 e. The fourth-order valence-corrected chi connectivity index (χ4v) is 2.32. The summed E-state index contributed by atoms with van der Waals surface area (Å²) in [6.07, 6.45) is 4.90. The van der Waals surface area contributed by atoms with Crippen LogP contribution in [-0.2, 0) is 11.2 Å². The Bertz CT molecular complexity index is 425. The molecule has 0 aliphatic heterocycles. The molecule has 0 bridgehead atoms. The van der Waals surface area contributed by atoms with Crippen LogP contribution in [0.5, 0.6) is 0 Å². The van der Waals surface area contributed by atoms with Gasteiger partial charge in [0.25, 0.3) is 0 Å². The van der Waals surface area contributed by atoms with E-state index >= 15 is 0 Å². The summed E-state index contributed by atoms with van der Waals surface area (Å²) < 4.78 is 0. The SMILES string of the molecule is CC1CCCC(=NNC(=O)Cc2ccccc2)C1. The van der Waals surface area contributed by atoms with Crippen LogP contribution in [0, 0.1) is 5.92 Å². The zero-order valence-electron chi connectivity index (χ0n) is 10.9. The average molecular weight is 244 g/mol. The summed E-state index contributed by atoms with van der Waals surface area (Å²) in [4.78, 5) is 11.7. The summed E-state index contributed by atoms with van der Waals surface area (Å²) in [5, 5.41) is 4.25. The van der Waals surface area contributed by atoms with E-state index in [1.54, 1.807) is 0 Å². The van der Waals surface area contributed by atoms with Crippen molar-refractivity contribution in [2.24, 2.45) is 11.0 Å². The molecule has 0 aromatic heterocycles. The molecule has 96 valence electrons. The van der Waals surface area contributed by atoms with Gasteiger partial charge in [0, 0.05) is 5.71 Å². The van der Waals surface area contributed by atoms with E-state index in [1.807, 2.05) is 30.3 Å². The van der Waals surface area contributed by atoms with Crippen LogP contribution < -0.4 is 5.43 Å². The third-order valence-corrected chi connectivity index (χ3v) is 3.29. The summed E-state index contributed by atoms with van der Waals surface area (Å²) in [5.41, 5.74) is 4.83. The van der Waals surface area contributed by atoms with Crippen molar-refractivity contribution in [1.29, 1.82) is 0 Å². The summed E-state index contributed by atoms with van der Waals surface area (Å²) >= 11 is 0. The van der Waals surface area contributed by atoms with Gasteiger partial charge in [-0.1, -0.05) is 37.3 Å². The first-order valence-electron chi connectivity index (χ1n) is 6.62. The molecular weight excluding hydrogens is 224 g/mol. The fraction of sp³-hybridized carbons (Fsp3) is 0.467. The van der Waals surface area contributed by atoms with E-state index < -0.39 is 0 Å². The second-order valence-corrected chi connectivity index (χ2v) is 5.08. The highest BCUT2D eigenvalue weighted by Gasteiger charge is 2.14. The number of amides is 1. The van der Waals surface area contributed by atoms with Crippen LogP contribution in [0.15, 0.2) is 35.4 Å². The predicted octanol–water partition coefficient (Wildman–Crippen LogP) is 2.91. The minimum absolute atomic E-state index is 0.0353. The van der Waals surface area contributed by atoms with Crippen LogP contribution in [-0.4, -0.2) is 11.6 Å². The number of nitrogens with one attached hydrogen (secondary N) is 1.